The molecule has 6 heteroatoms. The van der Waals surface area contributed by atoms with E-state index in [1.807, 2.05) is 24.3 Å². The number of benzene rings is 3. The Morgan fingerprint density at radius 2 is 1.77 bits per heavy atom. The molecule has 0 radical (unpaired) electrons. The van der Waals surface area contributed by atoms with Crippen molar-refractivity contribution in [3.8, 4) is 5.75 Å². The number of fused-ring (bicyclic) bond motifs is 3. The molecule has 30 heavy (non-hydrogen) atoms. The van der Waals surface area contributed by atoms with Gasteiger partial charge in [0.1, 0.15) is 34.1 Å². The van der Waals surface area contributed by atoms with Gasteiger partial charge in [-0.15, -0.1) is 0 Å². The first-order chi connectivity index (χ1) is 14.7. The molecule has 0 amide bonds. The minimum absolute atomic E-state index is 0.235. The van der Waals surface area contributed by atoms with E-state index in [0.29, 0.717) is 17.0 Å². The topological polar surface area (TPSA) is 64.4 Å². The van der Waals surface area contributed by atoms with Crippen LogP contribution >= 0.6 is 0 Å². The minimum atomic E-state index is -0.575. The number of para-hydroxylation sites is 1. The van der Waals surface area contributed by atoms with Crippen LogP contribution in [0.15, 0.2) is 89.5 Å². The number of nitrogens with zero attached hydrogens (tertiary/aromatic N) is 1. The van der Waals surface area contributed by atoms with Crippen LogP contribution in [0.2, 0.25) is 0 Å². The lowest BCUT2D eigenvalue weighted by Crippen LogP contribution is -2.12. The molecule has 5 nitrogen and oxygen atoms in total. The largest absolute Gasteiger partial charge is 0.456 e. The zero-order valence-electron chi connectivity index (χ0n) is 15.6. The molecule has 0 aliphatic heterocycles. The molecule has 0 aliphatic carbocycles. The van der Waals surface area contributed by atoms with E-state index >= 15 is 0 Å². The number of aromatic nitrogens is 1. The summed E-state index contributed by atoms with van der Waals surface area (Å²) >= 11 is 0. The number of carbonyl (C=O) groups is 1. The van der Waals surface area contributed by atoms with E-state index in [-0.39, 0.29) is 17.2 Å². The number of anilines is 2. The van der Waals surface area contributed by atoms with Crippen molar-refractivity contribution in [1.29, 1.82) is 0 Å². The summed E-state index contributed by atoms with van der Waals surface area (Å²) in [6.07, 6.45) is 1.54. The number of furan rings is 1. The van der Waals surface area contributed by atoms with Gasteiger partial charge in [-0.2, -0.15) is 0 Å². The van der Waals surface area contributed by atoms with Gasteiger partial charge < -0.3 is 14.5 Å². The predicted molar refractivity (Wildman–Crippen MR) is 113 cm³/mol. The smallest absolute Gasteiger partial charge is 0.347 e. The molecule has 0 saturated carbocycles. The molecule has 0 saturated heterocycles. The van der Waals surface area contributed by atoms with Gasteiger partial charge in [0, 0.05) is 22.7 Å². The van der Waals surface area contributed by atoms with Gasteiger partial charge in [0.2, 0.25) is 0 Å². The maximum atomic E-state index is 13.5. The van der Waals surface area contributed by atoms with Gasteiger partial charge in [0.15, 0.2) is 0 Å². The van der Waals surface area contributed by atoms with Crippen LogP contribution in [0, 0.1) is 5.82 Å². The quantitative estimate of drug-likeness (QED) is 0.293. The van der Waals surface area contributed by atoms with E-state index in [2.05, 4.69) is 10.3 Å². The van der Waals surface area contributed by atoms with Crippen molar-refractivity contribution in [2.24, 2.45) is 0 Å². The van der Waals surface area contributed by atoms with E-state index in [1.165, 1.54) is 12.1 Å². The molecule has 0 unspecified atom stereocenters. The second-order valence-electron chi connectivity index (χ2n) is 6.68. The highest BCUT2D eigenvalue weighted by Crippen LogP contribution is 2.31. The van der Waals surface area contributed by atoms with Crippen LogP contribution < -0.4 is 10.1 Å². The molecule has 1 N–H and O–H groups in total. The summed E-state index contributed by atoms with van der Waals surface area (Å²) in [7, 11) is 0. The molecular weight excluding hydrogens is 383 g/mol. The summed E-state index contributed by atoms with van der Waals surface area (Å²) in [5.41, 5.74) is 2.20. The average Bonchev–Trinajstić information content (AvgIpc) is 3.12. The fraction of sp³-hybridized carbons (Fsp3) is 0. The van der Waals surface area contributed by atoms with Gasteiger partial charge in [-0.1, -0.05) is 24.3 Å². The summed E-state index contributed by atoms with van der Waals surface area (Å²) in [5.74, 6) is -0.294. The van der Waals surface area contributed by atoms with E-state index in [9.17, 15) is 9.18 Å². The third-order valence-electron chi connectivity index (χ3n) is 4.67. The van der Waals surface area contributed by atoms with Crippen LogP contribution in [-0.4, -0.2) is 11.0 Å². The first-order valence-corrected chi connectivity index (χ1v) is 9.28. The molecule has 0 aliphatic rings. The molecule has 5 rings (SSSR count). The van der Waals surface area contributed by atoms with Crippen LogP contribution in [0.1, 0.15) is 10.4 Å². The lowest BCUT2D eigenvalue weighted by atomic mass is 10.1. The normalized spacial score (nSPS) is 11.0. The average molecular weight is 398 g/mol. The van der Waals surface area contributed by atoms with Crippen molar-refractivity contribution in [2.75, 3.05) is 5.32 Å². The minimum Gasteiger partial charge on any atom is -0.456 e. The fourth-order valence-corrected chi connectivity index (χ4v) is 3.30. The third kappa shape index (κ3) is 3.35. The van der Waals surface area contributed by atoms with Crippen LogP contribution in [0.5, 0.6) is 5.75 Å². The molecular formula is C24H15FN2O3. The first kappa shape index (κ1) is 17.9. The van der Waals surface area contributed by atoms with Crippen LogP contribution in [0.3, 0.4) is 0 Å². The number of hydrogen-bond acceptors (Lipinski definition) is 5. The van der Waals surface area contributed by atoms with E-state index in [1.54, 1.807) is 48.7 Å². The Hall–Kier alpha value is -4.19. The Morgan fingerprint density at radius 1 is 0.900 bits per heavy atom. The highest BCUT2D eigenvalue weighted by atomic mass is 19.1. The molecule has 0 spiro atoms. The zero-order chi connectivity index (χ0) is 20.5. The summed E-state index contributed by atoms with van der Waals surface area (Å²) in [4.78, 5) is 17.0. The van der Waals surface area contributed by atoms with Crippen molar-refractivity contribution in [3.05, 3.63) is 96.4 Å². The zero-order valence-corrected chi connectivity index (χ0v) is 15.6. The predicted octanol–water partition coefficient (Wildman–Crippen LogP) is 6.08. The molecule has 5 aromatic rings. The second-order valence-corrected chi connectivity index (χ2v) is 6.68. The second kappa shape index (κ2) is 7.33. The van der Waals surface area contributed by atoms with Gasteiger partial charge in [0.05, 0.1) is 0 Å². The van der Waals surface area contributed by atoms with Gasteiger partial charge >= 0.3 is 5.97 Å². The highest BCUT2D eigenvalue weighted by Gasteiger charge is 2.16. The lowest BCUT2D eigenvalue weighted by Gasteiger charge is -2.10. The SMILES string of the molecule is O=C(Oc1ccc2oc3ccccc3c2c1)c1cccnc1Nc1cccc(F)c1. The number of nitrogens with one attached hydrogen (secondary N) is 1. The molecule has 3 aromatic carbocycles. The number of hydrogen-bond donors (Lipinski definition) is 1. The van der Waals surface area contributed by atoms with E-state index in [0.717, 1.165) is 16.4 Å². The molecule has 2 heterocycles. The first-order valence-electron chi connectivity index (χ1n) is 9.28. The van der Waals surface area contributed by atoms with Crippen molar-refractivity contribution in [2.45, 2.75) is 0 Å². The Labute approximate surface area is 170 Å². The molecule has 0 bridgehead atoms. The number of pyridine rings is 1. The van der Waals surface area contributed by atoms with Gasteiger partial charge in [-0.3, -0.25) is 0 Å². The van der Waals surface area contributed by atoms with Gasteiger partial charge in [0.25, 0.3) is 0 Å². The summed E-state index contributed by atoms with van der Waals surface area (Å²) in [6, 6.07) is 22.1. The summed E-state index contributed by atoms with van der Waals surface area (Å²) in [5, 5.41) is 4.77. The molecule has 0 fully saturated rings. The molecule has 2 aromatic heterocycles. The Bertz CT molecular complexity index is 1390. The third-order valence-corrected chi connectivity index (χ3v) is 4.67. The maximum Gasteiger partial charge on any atom is 0.347 e. The Balaban J connectivity index is 1.45. The van der Waals surface area contributed by atoms with E-state index in [4.69, 9.17) is 9.15 Å². The fourth-order valence-electron chi connectivity index (χ4n) is 3.30. The Morgan fingerprint density at radius 3 is 2.67 bits per heavy atom. The van der Waals surface area contributed by atoms with Gasteiger partial charge in [-0.05, 0) is 54.6 Å². The number of halogens is 1. The van der Waals surface area contributed by atoms with Crippen molar-refractivity contribution >= 4 is 39.4 Å². The molecule has 146 valence electrons. The standard InChI is InChI=1S/C24H15FN2O3/c25-15-5-3-6-16(13-15)27-23-19(8-4-12-26-23)24(28)29-17-10-11-22-20(14-17)18-7-1-2-9-21(18)30-22/h1-14H,(H,26,27). The monoisotopic (exact) mass is 398 g/mol. The van der Waals surface area contributed by atoms with Crippen molar-refractivity contribution in [3.63, 3.8) is 0 Å². The van der Waals surface area contributed by atoms with Gasteiger partial charge in [-0.25, -0.2) is 14.2 Å². The summed E-state index contributed by atoms with van der Waals surface area (Å²) < 4.78 is 24.9. The molecule has 0 atom stereocenters. The van der Waals surface area contributed by atoms with Crippen LogP contribution in [-0.2, 0) is 0 Å². The number of esters is 1. The van der Waals surface area contributed by atoms with Crippen molar-refractivity contribution < 1.29 is 18.3 Å². The van der Waals surface area contributed by atoms with E-state index < -0.39 is 5.97 Å². The maximum absolute atomic E-state index is 13.5. The Kier molecular flexibility index (Phi) is 4.37. The highest BCUT2D eigenvalue weighted by molar-refractivity contribution is 6.05. The number of rotatable bonds is 4. The number of carbonyl (C=O) groups excluding carboxylic acids is 1. The summed E-state index contributed by atoms with van der Waals surface area (Å²) in [6.45, 7) is 0. The van der Waals surface area contributed by atoms with Crippen LogP contribution in [0.4, 0.5) is 15.9 Å². The van der Waals surface area contributed by atoms with Crippen LogP contribution in [0.25, 0.3) is 21.9 Å². The lowest BCUT2D eigenvalue weighted by molar-refractivity contribution is 0.0735. The van der Waals surface area contributed by atoms with Crippen molar-refractivity contribution in [1.82, 2.24) is 4.98 Å². The number of ether oxygens (including phenoxy) is 1.